The van der Waals surface area contributed by atoms with Crippen LogP contribution in [0.1, 0.15) is 27.7 Å². The van der Waals surface area contributed by atoms with E-state index in [4.69, 9.17) is 4.74 Å². The molecule has 0 saturated carbocycles. The van der Waals surface area contributed by atoms with E-state index in [-0.39, 0.29) is 18.1 Å². The van der Waals surface area contributed by atoms with E-state index in [1.54, 1.807) is 7.11 Å². The average molecular weight is 317 g/mol. The lowest BCUT2D eigenvalue weighted by Gasteiger charge is -2.30. The topological polar surface area (TPSA) is 46.5 Å². The van der Waals surface area contributed by atoms with Crippen molar-refractivity contribution in [3.05, 3.63) is 30.5 Å². The fourth-order valence-corrected chi connectivity index (χ4v) is 2.97. The number of carbonyl (C=O) groups excluding carboxylic acids is 1. The first-order chi connectivity index (χ1) is 11.0. The van der Waals surface area contributed by atoms with Gasteiger partial charge in [-0.15, -0.1) is 0 Å². The lowest BCUT2D eigenvalue weighted by Crippen LogP contribution is -2.44. The van der Waals surface area contributed by atoms with E-state index in [0.717, 1.165) is 23.1 Å². The summed E-state index contributed by atoms with van der Waals surface area (Å²) in [6, 6.07) is 8.32. The van der Waals surface area contributed by atoms with Crippen molar-refractivity contribution in [2.45, 2.75) is 46.3 Å². The summed E-state index contributed by atoms with van der Waals surface area (Å²) in [4.78, 5) is 14.5. The van der Waals surface area contributed by atoms with Gasteiger partial charge in [-0.1, -0.05) is 18.2 Å². The number of benzene rings is 1. The predicted molar refractivity (Wildman–Crippen MR) is 94.9 cm³/mol. The number of anilines is 1. The number of fused-ring (bicyclic) bond motifs is 1. The van der Waals surface area contributed by atoms with Gasteiger partial charge in [0.1, 0.15) is 0 Å². The van der Waals surface area contributed by atoms with Crippen molar-refractivity contribution in [1.29, 1.82) is 0 Å². The van der Waals surface area contributed by atoms with Gasteiger partial charge in [0.25, 0.3) is 0 Å². The lowest BCUT2D eigenvalue weighted by atomic mass is 10.2. The van der Waals surface area contributed by atoms with Gasteiger partial charge < -0.3 is 19.5 Å². The third kappa shape index (κ3) is 3.85. The number of rotatable bonds is 6. The zero-order chi connectivity index (χ0) is 17.0. The molecule has 1 N–H and O–H groups in total. The molecule has 2 amide bonds. The van der Waals surface area contributed by atoms with Crippen LogP contribution in [0.15, 0.2) is 30.5 Å². The van der Waals surface area contributed by atoms with E-state index in [1.165, 1.54) is 0 Å². The molecule has 0 atom stereocenters. The Morgan fingerprint density at radius 3 is 2.48 bits per heavy atom. The molecular formula is C18H27N3O2. The Morgan fingerprint density at radius 2 is 1.87 bits per heavy atom. The van der Waals surface area contributed by atoms with E-state index in [1.807, 2.05) is 57.0 Å². The predicted octanol–water partition coefficient (Wildman–Crippen LogP) is 3.94. The molecule has 0 saturated heterocycles. The normalized spacial score (nSPS) is 11.4. The number of hydrogen-bond donors (Lipinski definition) is 1. The Labute approximate surface area is 138 Å². The highest BCUT2D eigenvalue weighted by Gasteiger charge is 2.21. The molecule has 5 heteroatoms. The van der Waals surface area contributed by atoms with Crippen molar-refractivity contribution >= 4 is 22.6 Å². The number of urea groups is 1. The summed E-state index contributed by atoms with van der Waals surface area (Å²) in [7, 11) is 1.69. The first-order valence-corrected chi connectivity index (χ1v) is 8.11. The molecule has 2 aromatic rings. The molecule has 0 radical (unpaired) electrons. The largest absolute Gasteiger partial charge is 0.383 e. The van der Waals surface area contributed by atoms with E-state index < -0.39 is 0 Å². The van der Waals surface area contributed by atoms with Gasteiger partial charge >= 0.3 is 6.03 Å². The van der Waals surface area contributed by atoms with Gasteiger partial charge in [0.2, 0.25) is 0 Å². The summed E-state index contributed by atoms with van der Waals surface area (Å²) in [6.45, 7) is 9.51. The summed E-state index contributed by atoms with van der Waals surface area (Å²) < 4.78 is 7.28. The smallest absolute Gasteiger partial charge is 0.322 e. The second-order valence-electron chi connectivity index (χ2n) is 6.27. The number of hydrogen-bond acceptors (Lipinski definition) is 2. The molecule has 0 aliphatic heterocycles. The molecule has 0 spiro atoms. The molecule has 2 rings (SSSR count). The van der Waals surface area contributed by atoms with E-state index in [9.17, 15) is 4.79 Å². The summed E-state index contributed by atoms with van der Waals surface area (Å²) in [6.07, 6.45) is 1.99. The van der Waals surface area contributed by atoms with Crippen LogP contribution in [0.2, 0.25) is 0 Å². The van der Waals surface area contributed by atoms with Crippen LogP contribution in [0, 0.1) is 0 Å². The van der Waals surface area contributed by atoms with Crippen molar-refractivity contribution < 1.29 is 9.53 Å². The lowest BCUT2D eigenvalue weighted by molar-refractivity contribution is 0.178. The summed E-state index contributed by atoms with van der Waals surface area (Å²) in [5, 5.41) is 4.12. The quantitative estimate of drug-likeness (QED) is 0.877. The fourth-order valence-electron chi connectivity index (χ4n) is 2.97. The van der Waals surface area contributed by atoms with Gasteiger partial charge in [0, 0.05) is 37.3 Å². The van der Waals surface area contributed by atoms with Gasteiger partial charge in [-0.25, -0.2) is 4.79 Å². The number of ether oxygens (including phenoxy) is 1. The Bertz CT molecular complexity index is 653. The molecule has 1 aromatic carbocycles. The molecule has 0 aliphatic carbocycles. The van der Waals surface area contributed by atoms with Gasteiger partial charge in [0.15, 0.2) is 0 Å². The molecule has 0 bridgehead atoms. The first-order valence-electron chi connectivity index (χ1n) is 8.11. The minimum atomic E-state index is -0.0651. The maximum atomic E-state index is 12.6. The van der Waals surface area contributed by atoms with Gasteiger partial charge in [-0.3, -0.25) is 0 Å². The Balaban J connectivity index is 2.31. The highest BCUT2D eigenvalue weighted by Crippen LogP contribution is 2.26. The second kappa shape index (κ2) is 7.51. The number of nitrogens with one attached hydrogen (secondary N) is 1. The number of methoxy groups -OCH3 is 1. The molecule has 0 aliphatic rings. The summed E-state index contributed by atoms with van der Waals surface area (Å²) in [5.41, 5.74) is 1.94. The van der Waals surface area contributed by atoms with Crippen molar-refractivity contribution in [3.8, 4) is 0 Å². The number of aromatic nitrogens is 1. The zero-order valence-electron chi connectivity index (χ0n) is 14.7. The van der Waals surface area contributed by atoms with Crippen LogP contribution in [0.3, 0.4) is 0 Å². The molecule has 23 heavy (non-hydrogen) atoms. The van der Waals surface area contributed by atoms with Crippen LogP contribution >= 0.6 is 0 Å². The Kier molecular flexibility index (Phi) is 5.66. The number of amides is 2. The Morgan fingerprint density at radius 1 is 1.22 bits per heavy atom. The van der Waals surface area contributed by atoms with Crippen LogP contribution in [0.25, 0.3) is 10.9 Å². The maximum absolute atomic E-state index is 12.6. The van der Waals surface area contributed by atoms with E-state index in [2.05, 4.69) is 16.0 Å². The van der Waals surface area contributed by atoms with Gasteiger partial charge in [0.05, 0.1) is 17.8 Å². The third-order valence-electron chi connectivity index (χ3n) is 3.91. The first kappa shape index (κ1) is 17.3. The van der Waals surface area contributed by atoms with Crippen molar-refractivity contribution in [2.75, 3.05) is 19.0 Å². The monoisotopic (exact) mass is 317 g/mol. The van der Waals surface area contributed by atoms with Crippen LogP contribution < -0.4 is 5.32 Å². The van der Waals surface area contributed by atoms with Crippen LogP contribution in [-0.4, -0.2) is 41.3 Å². The number of nitrogens with zero attached hydrogens (tertiary/aromatic N) is 2. The zero-order valence-corrected chi connectivity index (χ0v) is 14.7. The fraction of sp³-hybridized carbons (Fsp3) is 0.500. The average Bonchev–Trinajstić information content (AvgIpc) is 2.82. The summed E-state index contributed by atoms with van der Waals surface area (Å²) >= 11 is 0. The van der Waals surface area contributed by atoms with Crippen LogP contribution in [0.5, 0.6) is 0 Å². The maximum Gasteiger partial charge on any atom is 0.322 e. The highest BCUT2D eigenvalue weighted by molar-refractivity contribution is 6.01. The van der Waals surface area contributed by atoms with Crippen molar-refractivity contribution in [2.24, 2.45) is 0 Å². The molecule has 126 valence electrons. The van der Waals surface area contributed by atoms with Crippen molar-refractivity contribution in [3.63, 3.8) is 0 Å². The van der Waals surface area contributed by atoms with Crippen LogP contribution in [-0.2, 0) is 11.3 Å². The molecule has 0 unspecified atom stereocenters. The number of para-hydroxylation sites is 1. The minimum absolute atomic E-state index is 0.0651. The molecule has 5 nitrogen and oxygen atoms in total. The Hall–Kier alpha value is -2.01. The highest BCUT2D eigenvalue weighted by atomic mass is 16.5. The SMILES string of the molecule is COCCn1cc(NC(=O)N(C(C)C)C(C)C)c2ccccc21. The van der Waals surface area contributed by atoms with Crippen molar-refractivity contribution in [1.82, 2.24) is 9.47 Å². The molecular weight excluding hydrogens is 290 g/mol. The molecule has 1 aromatic heterocycles. The third-order valence-corrected chi connectivity index (χ3v) is 3.91. The van der Waals surface area contributed by atoms with Gasteiger partial charge in [-0.05, 0) is 33.8 Å². The van der Waals surface area contributed by atoms with Crippen LogP contribution in [0.4, 0.5) is 10.5 Å². The second-order valence-corrected chi connectivity index (χ2v) is 6.27. The summed E-state index contributed by atoms with van der Waals surface area (Å²) in [5.74, 6) is 0. The molecule has 1 heterocycles. The number of carbonyl (C=O) groups is 1. The minimum Gasteiger partial charge on any atom is -0.383 e. The molecule has 0 fully saturated rings. The standard InChI is InChI=1S/C18H27N3O2/c1-13(2)21(14(3)4)18(22)19-16-12-20(10-11-23-5)17-9-7-6-8-15(16)17/h6-9,12-14H,10-11H2,1-5H3,(H,19,22). The van der Waals surface area contributed by atoms with E-state index in [0.29, 0.717) is 6.61 Å². The van der Waals surface area contributed by atoms with Gasteiger partial charge in [-0.2, -0.15) is 0 Å². The van der Waals surface area contributed by atoms with E-state index >= 15 is 0 Å².